The van der Waals surface area contributed by atoms with Crippen molar-refractivity contribution in [3.05, 3.63) is 70.4 Å². The van der Waals surface area contributed by atoms with Crippen LogP contribution in [0.25, 0.3) is 21.5 Å². The summed E-state index contributed by atoms with van der Waals surface area (Å²) in [6.45, 7) is 2.55. The average molecular weight is 460 g/mol. The monoisotopic (exact) mass is 459 g/mol. The smallest absolute Gasteiger partial charge is 0.274 e. The molecule has 1 amide bonds. The highest BCUT2D eigenvalue weighted by molar-refractivity contribution is 7.15. The molecule has 1 unspecified atom stereocenters. The number of aromatic amines is 1. The highest BCUT2D eigenvalue weighted by Crippen LogP contribution is 2.33. The summed E-state index contributed by atoms with van der Waals surface area (Å²) in [5, 5.41) is 9.94. The number of aromatic nitrogens is 3. The van der Waals surface area contributed by atoms with E-state index in [2.05, 4.69) is 21.0 Å². The van der Waals surface area contributed by atoms with Gasteiger partial charge < -0.3 is 9.88 Å². The van der Waals surface area contributed by atoms with E-state index in [1.807, 2.05) is 17.9 Å². The Bertz CT molecular complexity index is 1370. The predicted octanol–water partition coefficient (Wildman–Crippen LogP) is 5.24. The first-order valence-electron chi connectivity index (χ1n) is 10.9. The molecule has 0 bridgehead atoms. The summed E-state index contributed by atoms with van der Waals surface area (Å²) in [6.07, 6.45) is 3.50. The first kappa shape index (κ1) is 21.3. The van der Waals surface area contributed by atoms with Crippen LogP contribution in [0.5, 0.6) is 0 Å². The lowest BCUT2D eigenvalue weighted by molar-refractivity contribution is 0.0607. The lowest BCUT2D eigenvalue weighted by Crippen LogP contribution is -2.45. The first-order chi connectivity index (χ1) is 16.0. The minimum Gasteiger partial charge on any atom is -0.342 e. The van der Waals surface area contributed by atoms with Gasteiger partial charge in [0.2, 0.25) is 0 Å². The number of thiazole rings is 1. The van der Waals surface area contributed by atoms with Crippen molar-refractivity contribution in [1.82, 2.24) is 19.9 Å². The van der Waals surface area contributed by atoms with E-state index in [1.54, 1.807) is 24.3 Å². The number of piperidine rings is 1. The quantitative estimate of drug-likeness (QED) is 0.452. The van der Waals surface area contributed by atoms with E-state index in [0.29, 0.717) is 24.2 Å². The van der Waals surface area contributed by atoms with Crippen LogP contribution in [0.4, 0.5) is 4.39 Å². The number of aryl methyl sites for hydroxylation is 1. The van der Waals surface area contributed by atoms with Gasteiger partial charge in [0, 0.05) is 19.0 Å². The summed E-state index contributed by atoms with van der Waals surface area (Å²) < 4.78 is 13.4. The maximum atomic E-state index is 13.7. The Balaban J connectivity index is 1.43. The minimum absolute atomic E-state index is 0.00493. The van der Waals surface area contributed by atoms with Crippen LogP contribution in [0, 0.1) is 24.1 Å². The SMILES string of the molecule is Cc1nc(C(=O)N2CCCCC2Cc2nc3cc(C#N)ccc3[nH]2)c(-c2ccc(F)cc2)s1. The highest BCUT2D eigenvalue weighted by atomic mass is 32.1. The van der Waals surface area contributed by atoms with E-state index >= 15 is 0 Å². The zero-order chi connectivity index (χ0) is 22.9. The fraction of sp³-hybridized carbons (Fsp3) is 0.280. The Labute approximate surface area is 194 Å². The molecule has 0 saturated carbocycles. The summed E-state index contributed by atoms with van der Waals surface area (Å²) in [6, 6.07) is 13.7. The van der Waals surface area contributed by atoms with Crippen molar-refractivity contribution in [3.8, 4) is 16.5 Å². The zero-order valence-corrected chi connectivity index (χ0v) is 19.0. The van der Waals surface area contributed by atoms with Gasteiger partial charge in [-0.2, -0.15) is 5.26 Å². The highest BCUT2D eigenvalue weighted by Gasteiger charge is 2.31. The van der Waals surface area contributed by atoms with Crippen LogP contribution in [0.2, 0.25) is 0 Å². The molecule has 3 heterocycles. The van der Waals surface area contributed by atoms with E-state index in [4.69, 9.17) is 5.26 Å². The number of H-pyrrole nitrogens is 1. The molecule has 1 fully saturated rings. The summed E-state index contributed by atoms with van der Waals surface area (Å²) >= 11 is 1.45. The number of nitrogens with one attached hydrogen (secondary N) is 1. The Morgan fingerprint density at radius 3 is 2.85 bits per heavy atom. The fourth-order valence-electron chi connectivity index (χ4n) is 4.43. The van der Waals surface area contributed by atoms with Crippen LogP contribution in [0.15, 0.2) is 42.5 Å². The maximum Gasteiger partial charge on any atom is 0.274 e. The molecule has 0 spiro atoms. The van der Waals surface area contributed by atoms with Crippen molar-refractivity contribution in [1.29, 1.82) is 5.26 Å². The van der Waals surface area contributed by atoms with Gasteiger partial charge in [0.25, 0.3) is 5.91 Å². The van der Waals surface area contributed by atoms with Gasteiger partial charge in [0.05, 0.1) is 32.6 Å². The summed E-state index contributed by atoms with van der Waals surface area (Å²) in [4.78, 5) is 28.9. The minimum atomic E-state index is -0.309. The molecular formula is C25H22FN5OS. The number of hydrogen-bond acceptors (Lipinski definition) is 5. The van der Waals surface area contributed by atoms with Gasteiger partial charge >= 0.3 is 0 Å². The largest absolute Gasteiger partial charge is 0.342 e. The van der Waals surface area contributed by atoms with Crippen molar-refractivity contribution in [3.63, 3.8) is 0 Å². The molecule has 166 valence electrons. The molecule has 1 saturated heterocycles. The van der Waals surface area contributed by atoms with Crippen LogP contribution >= 0.6 is 11.3 Å². The number of carbonyl (C=O) groups is 1. The van der Waals surface area contributed by atoms with Crippen molar-refractivity contribution >= 4 is 28.3 Å². The van der Waals surface area contributed by atoms with Gasteiger partial charge in [-0.3, -0.25) is 4.79 Å². The molecule has 33 heavy (non-hydrogen) atoms. The maximum absolute atomic E-state index is 13.7. The Hall–Kier alpha value is -3.57. The Kier molecular flexibility index (Phi) is 5.65. The van der Waals surface area contributed by atoms with E-state index in [9.17, 15) is 9.18 Å². The molecule has 6 nitrogen and oxygen atoms in total. The lowest BCUT2D eigenvalue weighted by Gasteiger charge is -2.35. The van der Waals surface area contributed by atoms with Crippen molar-refractivity contribution < 1.29 is 9.18 Å². The third kappa shape index (κ3) is 4.24. The topological polar surface area (TPSA) is 85.7 Å². The van der Waals surface area contributed by atoms with Gasteiger partial charge in [-0.05, 0) is 62.1 Å². The number of likely N-dealkylation sites (tertiary alicyclic amines) is 1. The number of halogens is 1. The van der Waals surface area contributed by atoms with Gasteiger partial charge in [0.1, 0.15) is 17.3 Å². The number of carbonyl (C=O) groups excluding carboxylic acids is 1. The van der Waals surface area contributed by atoms with Crippen molar-refractivity contribution in [2.75, 3.05) is 6.54 Å². The molecule has 0 aliphatic carbocycles. The average Bonchev–Trinajstić information content (AvgIpc) is 3.41. The number of imidazole rings is 1. The lowest BCUT2D eigenvalue weighted by atomic mass is 9.98. The molecule has 1 atom stereocenters. The number of hydrogen-bond donors (Lipinski definition) is 1. The van der Waals surface area contributed by atoms with Crippen LogP contribution in [-0.2, 0) is 6.42 Å². The van der Waals surface area contributed by atoms with Gasteiger partial charge in [0.15, 0.2) is 0 Å². The molecule has 2 aromatic heterocycles. The molecule has 2 aromatic carbocycles. The van der Waals surface area contributed by atoms with Crippen molar-refractivity contribution in [2.24, 2.45) is 0 Å². The molecule has 1 N–H and O–H groups in total. The van der Waals surface area contributed by atoms with E-state index < -0.39 is 0 Å². The molecule has 8 heteroatoms. The van der Waals surface area contributed by atoms with E-state index in [-0.39, 0.29) is 17.8 Å². The molecule has 5 rings (SSSR count). The standard InChI is InChI=1S/C25H22FN5OS/c1-15-28-23(24(33-15)17-6-8-18(26)9-7-17)25(32)31-11-3-2-4-19(31)13-22-29-20-10-5-16(14-27)12-21(20)30-22/h5-10,12,19H,2-4,11,13H2,1H3,(H,29,30). The van der Waals surface area contributed by atoms with Crippen LogP contribution in [0.3, 0.4) is 0 Å². The second-order valence-electron chi connectivity index (χ2n) is 8.30. The van der Waals surface area contributed by atoms with E-state index in [1.165, 1.54) is 23.5 Å². The Morgan fingerprint density at radius 1 is 1.24 bits per heavy atom. The Morgan fingerprint density at radius 2 is 2.06 bits per heavy atom. The first-order valence-corrected chi connectivity index (χ1v) is 11.8. The zero-order valence-electron chi connectivity index (χ0n) is 18.1. The molecule has 1 aliphatic heterocycles. The van der Waals surface area contributed by atoms with Gasteiger partial charge in [-0.25, -0.2) is 14.4 Å². The fourth-order valence-corrected chi connectivity index (χ4v) is 5.35. The van der Waals surface area contributed by atoms with Crippen LogP contribution < -0.4 is 0 Å². The molecular weight excluding hydrogens is 437 g/mol. The molecule has 4 aromatic rings. The number of nitrogens with zero attached hydrogens (tertiary/aromatic N) is 4. The third-order valence-corrected chi connectivity index (χ3v) is 7.04. The summed E-state index contributed by atoms with van der Waals surface area (Å²) in [7, 11) is 0. The van der Waals surface area contributed by atoms with Crippen LogP contribution in [-0.4, -0.2) is 38.3 Å². The number of amides is 1. The van der Waals surface area contributed by atoms with Crippen molar-refractivity contribution in [2.45, 2.75) is 38.6 Å². The second-order valence-corrected chi connectivity index (χ2v) is 9.50. The van der Waals surface area contributed by atoms with E-state index in [0.717, 1.165) is 51.6 Å². The second kappa shape index (κ2) is 8.75. The third-order valence-electron chi connectivity index (χ3n) is 6.02. The van der Waals surface area contributed by atoms with Crippen LogP contribution in [0.1, 0.15) is 46.1 Å². The van der Waals surface area contributed by atoms with Gasteiger partial charge in [-0.1, -0.05) is 12.1 Å². The number of benzene rings is 2. The predicted molar refractivity (Wildman–Crippen MR) is 125 cm³/mol. The summed E-state index contributed by atoms with van der Waals surface area (Å²) in [5.41, 5.74) is 3.43. The molecule has 1 aliphatic rings. The number of rotatable bonds is 4. The normalized spacial score (nSPS) is 16.2. The number of nitriles is 1. The molecule has 0 radical (unpaired) electrons. The summed E-state index contributed by atoms with van der Waals surface area (Å²) in [5.74, 6) is 0.404. The van der Waals surface area contributed by atoms with Gasteiger partial charge in [-0.15, -0.1) is 11.3 Å². The number of fused-ring (bicyclic) bond motifs is 1.